The zero-order chi connectivity index (χ0) is 21.5. The number of hydrogen-bond donors (Lipinski definition) is 2. The normalized spacial score (nSPS) is 13.3. The molecule has 0 spiro atoms. The first-order valence-electron chi connectivity index (χ1n) is 10.0. The van der Waals surface area contributed by atoms with Gasteiger partial charge in [0, 0.05) is 30.1 Å². The molecule has 154 valence electrons. The maximum atomic E-state index is 12.2. The molecule has 3 N–H and O–H groups in total. The zero-order valence-corrected chi connectivity index (χ0v) is 16.9. The lowest BCUT2D eigenvalue weighted by atomic mass is 9.97. The molecule has 0 atom stereocenters. The Hall–Kier alpha value is -3.96. The smallest absolute Gasteiger partial charge is 0.272 e. The van der Waals surface area contributed by atoms with E-state index >= 15 is 0 Å². The van der Waals surface area contributed by atoms with Crippen LogP contribution in [0.3, 0.4) is 0 Å². The Balaban J connectivity index is 1.70. The molecule has 2 aromatic carbocycles. The molecule has 5 rings (SSSR count). The van der Waals surface area contributed by atoms with Gasteiger partial charge in [0.2, 0.25) is 5.69 Å². The molecule has 1 saturated carbocycles. The van der Waals surface area contributed by atoms with Crippen LogP contribution in [0, 0.1) is 6.57 Å². The molecular formula is C23H20N6O2. The first-order valence-corrected chi connectivity index (χ1v) is 10.0. The molecule has 1 aliphatic rings. The summed E-state index contributed by atoms with van der Waals surface area (Å²) in [5, 5.41) is 12.3. The van der Waals surface area contributed by atoms with Gasteiger partial charge in [0.25, 0.3) is 5.56 Å². The molecule has 0 saturated heterocycles. The Bertz CT molecular complexity index is 1410. The van der Waals surface area contributed by atoms with Gasteiger partial charge in [-0.3, -0.25) is 9.48 Å². The van der Waals surface area contributed by atoms with Crippen molar-refractivity contribution in [2.75, 3.05) is 0 Å². The van der Waals surface area contributed by atoms with E-state index in [1.165, 1.54) is 0 Å². The Labute approximate surface area is 178 Å². The Morgan fingerprint density at radius 3 is 2.84 bits per heavy atom. The number of rotatable bonds is 5. The van der Waals surface area contributed by atoms with Gasteiger partial charge < -0.3 is 10.5 Å². The molecule has 8 heteroatoms. The van der Waals surface area contributed by atoms with Crippen molar-refractivity contribution in [3.63, 3.8) is 0 Å². The van der Waals surface area contributed by atoms with E-state index in [4.69, 9.17) is 17.0 Å². The third-order valence-corrected chi connectivity index (χ3v) is 5.49. The van der Waals surface area contributed by atoms with Crippen molar-refractivity contribution in [2.45, 2.75) is 25.5 Å². The van der Waals surface area contributed by atoms with Crippen molar-refractivity contribution in [1.29, 1.82) is 0 Å². The molecule has 31 heavy (non-hydrogen) atoms. The second kappa shape index (κ2) is 7.38. The summed E-state index contributed by atoms with van der Waals surface area (Å²) in [6.07, 6.45) is 4.00. The highest BCUT2D eigenvalue weighted by Crippen LogP contribution is 2.44. The van der Waals surface area contributed by atoms with Gasteiger partial charge in [-0.05, 0) is 36.6 Å². The van der Waals surface area contributed by atoms with Crippen LogP contribution in [-0.4, -0.2) is 26.1 Å². The molecule has 4 aromatic rings. The van der Waals surface area contributed by atoms with Crippen LogP contribution in [-0.2, 0) is 13.6 Å². The molecule has 1 aliphatic carbocycles. The lowest BCUT2D eigenvalue weighted by Gasteiger charge is -2.13. The van der Waals surface area contributed by atoms with Gasteiger partial charge in [-0.2, -0.15) is 10.2 Å². The minimum Gasteiger partial charge on any atom is -0.501 e. The van der Waals surface area contributed by atoms with Crippen LogP contribution in [0.15, 0.2) is 47.4 Å². The van der Waals surface area contributed by atoms with Gasteiger partial charge in [0.1, 0.15) is 5.75 Å². The summed E-state index contributed by atoms with van der Waals surface area (Å²) in [6.45, 7) is 7.99. The van der Waals surface area contributed by atoms with Crippen molar-refractivity contribution in [3.05, 3.63) is 70.1 Å². The van der Waals surface area contributed by atoms with E-state index in [1.807, 2.05) is 37.4 Å². The Kier molecular flexibility index (Phi) is 4.53. The summed E-state index contributed by atoms with van der Waals surface area (Å²) in [6, 6.07) is 11.2. The number of aromatic nitrogens is 4. The fourth-order valence-corrected chi connectivity index (χ4v) is 3.80. The second-order valence-corrected chi connectivity index (χ2v) is 7.58. The number of nitrogens with zero attached hydrogens (tertiary/aromatic N) is 4. The average Bonchev–Trinajstić information content (AvgIpc) is 3.52. The van der Waals surface area contributed by atoms with Gasteiger partial charge in [-0.15, -0.1) is 0 Å². The van der Waals surface area contributed by atoms with E-state index < -0.39 is 0 Å². The lowest BCUT2D eigenvalue weighted by Crippen LogP contribution is -2.13. The van der Waals surface area contributed by atoms with Crippen LogP contribution in [0.4, 0.5) is 5.69 Å². The van der Waals surface area contributed by atoms with E-state index in [0.717, 1.165) is 35.2 Å². The van der Waals surface area contributed by atoms with Crippen LogP contribution in [0.1, 0.15) is 18.5 Å². The van der Waals surface area contributed by atoms with Crippen LogP contribution in [0.25, 0.3) is 38.0 Å². The highest BCUT2D eigenvalue weighted by atomic mass is 16.5. The van der Waals surface area contributed by atoms with Crippen molar-refractivity contribution < 1.29 is 4.74 Å². The second-order valence-electron chi connectivity index (χ2n) is 7.58. The molecule has 0 radical (unpaired) electrons. The maximum Gasteiger partial charge on any atom is 0.272 e. The molecule has 2 aromatic heterocycles. The van der Waals surface area contributed by atoms with E-state index in [1.54, 1.807) is 16.9 Å². The molecule has 2 heterocycles. The van der Waals surface area contributed by atoms with E-state index in [0.29, 0.717) is 27.9 Å². The standard InChI is InChI=1S/C23H20N6O2/c1-25-21-16(4-3-5-20(21)31-14-7-8-14)22-18(12-26-29(22)2)13-6-9-15-17(10-13)19(11-24)27-28-23(15)30/h3-6,9-10,12,14H,7-8,11,24H2,2H3,(H,28,30). The number of hydrogen-bond acceptors (Lipinski definition) is 5. The van der Waals surface area contributed by atoms with Crippen molar-refractivity contribution in [3.8, 4) is 28.1 Å². The molecule has 0 amide bonds. The van der Waals surface area contributed by atoms with E-state index in [-0.39, 0.29) is 18.2 Å². The lowest BCUT2D eigenvalue weighted by molar-refractivity contribution is 0.305. The van der Waals surface area contributed by atoms with Crippen LogP contribution in [0.5, 0.6) is 5.75 Å². The van der Waals surface area contributed by atoms with Crippen molar-refractivity contribution >= 4 is 16.5 Å². The monoisotopic (exact) mass is 412 g/mol. The largest absolute Gasteiger partial charge is 0.501 e. The Morgan fingerprint density at radius 1 is 1.26 bits per heavy atom. The fourth-order valence-electron chi connectivity index (χ4n) is 3.80. The third-order valence-electron chi connectivity index (χ3n) is 5.49. The fraction of sp³-hybridized carbons (Fsp3) is 0.217. The number of H-pyrrole nitrogens is 1. The summed E-state index contributed by atoms with van der Waals surface area (Å²) in [7, 11) is 1.85. The van der Waals surface area contributed by atoms with Gasteiger partial charge in [0.05, 0.1) is 35.6 Å². The summed E-state index contributed by atoms with van der Waals surface area (Å²) < 4.78 is 7.72. The minimum absolute atomic E-state index is 0.197. The molecule has 0 aliphatic heterocycles. The Morgan fingerprint density at radius 2 is 2.10 bits per heavy atom. The number of aromatic amines is 1. The van der Waals surface area contributed by atoms with Crippen LogP contribution < -0.4 is 16.0 Å². The maximum absolute atomic E-state index is 12.2. The predicted octanol–water partition coefficient (Wildman–Crippen LogP) is 3.54. The van der Waals surface area contributed by atoms with Gasteiger partial charge in [-0.1, -0.05) is 18.2 Å². The van der Waals surface area contributed by atoms with E-state index in [2.05, 4.69) is 20.1 Å². The summed E-state index contributed by atoms with van der Waals surface area (Å²) in [5.41, 5.74) is 9.93. The number of nitrogens with one attached hydrogen (secondary N) is 1. The van der Waals surface area contributed by atoms with Gasteiger partial charge >= 0.3 is 0 Å². The zero-order valence-electron chi connectivity index (χ0n) is 16.9. The highest BCUT2D eigenvalue weighted by molar-refractivity contribution is 5.94. The SMILES string of the molecule is [C-]#[N+]c1c(OC2CC2)cccc1-c1c(-c2ccc3c(=O)[nH]nc(CN)c3c2)cnn1C. The van der Waals surface area contributed by atoms with Gasteiger partial charge in [-0.25, -0.2) is 9.94 Å². The number of fused-ring (bicyclic) bond motifs is 1. The molecule has 0 unspecified atom stereocenters. The number of ether oxygens (including phenoxy) is 1. The molecule has 8 nitrogen and oxygen atoms in total. The first kappa shape index (κ1) is 19.0. The predicted molar refractivity (Wildman–Crippen MR) is 118 cm³/mol. The molecule has 0 bridgehead atoms. The molecule has 1 fully saturated rings. The third kappa shape index (κ3) is 3.25. The van der Waals surface area contributed by atoms with Crippen LogP contribution >= 0.6 is 0 Å². The van der Waals surface area contributed by atoms with Crippen molar-refractivity contribution in [1.82, 2.24) is 20.0 Å². The number of nitrogens with two attached hydrogens (primary N) is 1. The summed E-state index contributed by atoms with van der Waals surface area (Å²) >= 11 is 0. The first-order chi connectivity index (χ1) is 15.1. The van der Waals surface area contributed by atoms with E-state index in [9.17, 15) is 4.79 Å². The number of aryl methyl sites for hydroxylation is 1. The van der Waals surface area contributed by atoms with Gasteiger partial charge in [0.15, 0.2) is 0 Å². The quantitative estimate of drug-likeness (QED) is 0.488. The highest BCUT2D eigenvalue weighted by Gasteiger charge is 2.26. The number of benzene rings is 2. The topological polar surface area (TPSA) is 103 Å². The number of para-hydroxylation sites is 1. The summed E-state index contributed by atoms with van der Waals surface area (Å²) in [5.74, 6) is 0.599. The average molecular weight is 412 g/mol. The van der Waals surface area contributed by atoms with Crippen LogP contribution in [0.2, 0.25) is 0 Å². The minimum atomic E-state index is -0.259. The summed E-state index contributed by atoms with van der Waals surface area (Å²) in [4.78, 5) is 16.0. The van der Waals surface area contributed by atoms with Crippen molar-refractivity contribution in [2.24, 2.45) is 12.8 Å². The molecular weight excluding hydrogens is 392 g/mol.